The zero-order valence-corrected chi connectivity index (χ0v) is 8.59. The predicted molar refractivity (Wildman–Crippen MR) is 59.5 cm³/mol. The number of fused-ring (bicyclic) bond motifs is 2. The van der Waals surface area contributed by atoms with Gasteiger partial charge in [0, 0.05) is 6.20 Å². The number of aromatic nitrogens is 5. The molecule has 81 valence electrons. The van der Waals surface area contributed by atoms with Gasteiger partial charge in [-0.25, -0.2) is 19.8 Å². The topological polar surface area (TPSA) is 74.5 Å². The van der Waals surface area contributed by atoms with E-state index in [-0.39, 0.29) is 0 Å². The number of nitrogens with zero attached hydrogens (tertiary/aromatic N) is 7. The predicted octanol–water partition coefficient (Wildman–Crippen LogP) is 0.711. The Balaban J connectivity index is 1.87. The maximum Gasteiger partial charge on any atom is 0.239 e. The van der Waals surface area contributed by atoms with Gasteiger partial charge in [-0.1, -0.05) is 0 Å². The third-order valence-corrected chi connectivity index (χ3v) is 2.56. The highest BCUT2D eigenvalue weighted by atomic mass is 15.4. The molecule has 7 nitrogen and oxygen atoms in total. The van der Waals surface area contributed by atoms with Crippen LogP contribution in [0.3, 0.4) is 0 Å². The SMILES string of the molecule is c1cc2n(C3=Nc4ncncc4[N]3)cnn2c1. The Morgan fingerprint density at radius 1 is 1.24 bits per heavy atom. The van der Waals surface area contributed by atoms with Gasteiger partial charge in [0.05, 0.1) is 6.20 Å². The van der Waals surface area contributed by atoms with Crippen molar-refractivity contribution in [2.75, 3.05) is 0 Å². The van der Waals surface area contributed by atoms with Crippen LogP contribution >= 0.6 is 0 Å². The molecule has 4 rings (SSSR count). The molecule has 0 N–H and O–H groups in total. The number of hydrogen-bond acceptors (Lipinski definition) is 4. The Morgan fingerprint density at radius 3 is 3.18 bits per heavy atom. The zero-order valence-electron chi connectivity index (χ0n) is 8.59. The second-order valence-corrected chi connectivity index (χ2v) is 3.57. The summed E-state index contributed by atoms with van der Waals surface area (Å²) in [6.07, 6.45) is 6.65. The Bertz CT molecular complexity index is 736. The molecule has 0 saturated heterocycles. The fourth-order valence-electron chi connectivity index (χ4n) is 1.79. The third kappa shape index (κ3) is 1.10. The smallest absolute Gasteiger partial charge is 0.239 e. The molecule has 0 unspecified atom stereocenters. The van der Waals surface area contributed by atoms with Crippen molar-refractivity contribution >= 4 is 23.1 Å². The largest absolute Gasteiger partial charge is 0.251 e. The Labute approximate surface area is 95.5 Å². The standard InChI is InChI=1S/C10H6N7/c1-2-8-16(6-13-17(8)3-1)10-14-7-4-11-5-12-9(7)15-10/h1-6H. The van der Waals surface area contributed by atoms with Gasteiger partial charge >= 0.3 is 0 Å². The van der Waals surface area contributed by atoms with E-state index in [4.69, 9.17) is 0 Å². The van der Waals surface area contributed by atoms with Gasteiger partial charge in [-0.3, -0.25) is 4.57 Å². The average Bonchev–Trinajstić information content (AvgIpc) is 3.02. The minimum absolute atomic E-state index is 0.557. The van der Waals surface area contributed by atoms with Crippen molar-refractivity contribution in [2.45, 2.75) is 0 Å². The summed E-state index contributed by atoms with van der Waals surface area (Å²) in [4.78, 5) is 12.3. The number of hydrogen-bond donors (Lipinski definition) is 0. The average molecular weight is 224 g/mol. The highest BCUT2D eigenvalue weighted by Gasteiger charge is 2.19. The summed E-state index contributed by atoms with van der Waals surface area (Å²) in [7, 11) is 0. The quantitative estimate of drug-likeness (QED) is 0.564. The molecule has 1 aliphatic heterocycles. The number of aliphatic imine (C=N–C) groups is 1. The van der Waals surface area contributed by atoms with E-state index in [9.17, 15) is 0 Å². The molecular formula is C10H6N7. The Hall–Kier alpha value is -2.70. The van der Waals surface area contributed by atoms with Crippen molar-refractivity contribution in [3.63, 3.8) is 0 Å². The molecule has 0 saturated carbocycles. The van der Waals surface area contributed by atoms with Gasteiger partial charge in [-0.15, -0.1) is 0 Å². The summed E-state index contributed by atoms with van der Waals surface area (Å²) in [6, 6.07) is 3.86. The second-order valence-electron chi connectivity index (χ2n) is 3.57. The van der Waals surface area contributed by atoms with Crippen molar-refractivity contribution in [3.8, 4) is 0 Å². The first-order valence-electron chi connectivity index (χ1n) is 5.03. The van der Waals surface area contributed by atoms with Gasteiger partial charge in [-0.05, 0) is 12.1 Å². The minimum Gasteiger partial charge on any atom is -0.251 e. The highest BCUT2D eigenvalue weighted by Crippen LogP contribution is 2.26. The van der Waals surface area contributed by atoms with E-state index >= 15 is 0 Å². The lowest BCUT2D eigenvalue weighted by molar-refractivity contribution is 0.974. The summed E-state index contributed by atoms with van der Waals surface area (Å²) >= 11 is 0. The van der Waals surface area contributed by atoms with Crippen LogP contribution in [0.4, 0.5) is 11.5 Å². The summed E-state index contributed by atoms with van der Waals surface area (Å²) in [5, 5.41) is 8.55. The molecule has 0 spiro atoms. The van der Waals surface area contributed by atoms with E-state index in [1.54, 1.807) is 17.0 Å². The van der Waals surface area contributed by atoms with Crippen LogP contribution in [0.25, 0.3) is 5.65 Å². The lowest BCUT2D eigenvalue weighted by Crippen LogP contribution is -2.16. The first-order chi connectivity index (χ1) is 8.42. The molecule has 0 bridgehead atoms. The summed E-state index contributed by atoms with van der Waals surface area (Å²) in [5.74, 6) is 1.15. The van der Waals surface area contributed by atoms with Crippen molar-refractivity contribution in [1.29, 1.82) is 0 Å². The molecule has 3 aromatic heterocycles. The molecule has 4 heterocycles. The maximum atomic E-state index is 4.36. The van der Waals surface area contributed by atoms with E-state index in [1.165, 1.54) is 6.33 Å². The van der Waals surface area contributed by atoms with Gasteiger partial charge < -0.3 is 0 Å². The van der Waals surface area contributed by atoms with Crippen molar-refractivity contribution in [2.24, 2.45) is 4.99 Å². The monoisotopic (exact) mass is 224 g/mol. The molecule has 0 aromatic carbocycles. The first-order valence-corrected chi connectivity index (χ1v) is 5.03. The van der Waals surface area contributed by atoms with Crippen molar-refractivity contribution in [1.82, 2.24) is 29.5 Å². The molecule has 0 aliphatic carbocycles. The Morgan fingerprint density at radius 2 is 2.24 bits per heavy atom. The second kappa shape index (κ2) is 2.91. The Kier molecular flexibility index (Phi) is 1.45. The molecule has 17 heavy (non-hydrogen) atoms. The van der Waals surface area contributed by atoms with Crippen LogP contribution in [0.1, 0.15) is 0 Å². The molecule has 3 aromatic rings. The molecule has 1 aliphatic rings. The normalized spacial score (nSPS) is 13.5. The van der Waals surface area contributed by atoms with Crippen LogP contribution < -0.4 is 5.32 Å². The van der Waals surface area contributed by atoms with E-state index < -0.39 is 0 Å². The van der Waals surface area contributed by atoms with E-state index in [2.05, 4.69) is 25.4 Å². The van der Waals surface area contributed by atoms with Crippen LogP contribution in [0, 0.1) is 0 Å². The van der Waals surface area contributed by atoms with Gasteiger partial charge in [0.25, 0.3) is 0 Å². The van der Waals surface area contributed by atoms with Gasteiger partial charge in [-0.2, -0.15) is 10.1 Å². The van der Waals surface area contributed by atoms with Gasteiger partial charge in [0.2, 0.25) is 5.96 Å². The van der Waals surface area contributed by atoms with Gasteiger partial charge in [0.15, 0.2) is 5.82 Å². The van der Waals surface area contributed by atoms with E-state index in [0.717, 1.165) is 5.65 Å². The number of rotatable bonds is 0. The zero-order chi connectivity index (χ0) is 11.2. The van der Waals surface area contributed by atoms with E-state index in [1.807, 2.05) is 22.9 Å². The van der Waals surface area contributed by atoms with Crippen LogP contribution in [0.5, 0.6) is 0 Å². The van der Waals surface area contributed by atoms with Crippen LogP contribution in [0.15, 0.2) is 42.2 Å². The summed E-state index contributed by atoms with van der Waals surface area (Å²) in [6.45, 7) is 0. The lowest BCUT2D eigenvalue weighted by atomic mass is 10.5. The van der Waals surface area contributed by atoms with Crippen LogP contribution in [-0.4, -0.2) is 30.1 Å². The van der Waals surface area contributed by atoms with E-state index in [0.29, 0.717) is 17.5 Å². The first kappa shape index (κ1) is 8.45. The van der Waals surface area contributed by atoms with Crippen molar-refractivity contribution < 1.29 is 0 Å². The van der Waals surface area contributed by atoms with Crippen molar-refractivity contribution in [3.05, 3.63) is 37.2 Å². The molecular weight excluding hydrogens is 218 g/mol. The molecule has 0 amide bonds. The fraction of sp³-hybridized carbons (Fsp3) is 0. The van der Waals surface area contributed by atoms with Gasteiger partial charge in [0.1, 0.15) is 24.0 Å². The molecule has 1 radical (unpaired) electrons. The molecule has 0 fully saturated rings. The molecule has 0 atom stereocenters. The highest BCUT2D eigenvalue weighted by molar-refractivity contribution is 5.96. The third-order valence-electron chi connectivity index (χ3n) is 2.56. The fourth-order valence-corrected chi connectivity index (χ4v) is 1.79. The molecule has 7 heteroatoms. The van der Waals surface area contributed by atoms with Crippen LogP contribution in [0.2, 0.25) is 0 Å². The summed E-state index contributed by atoms with van der Waals surface area (Å²) < 4.78 is 3.56. The maximum absolute atomic E-state index is 4.36. The minimum atomic E-state index is 0.557. The lowest BCUT2D eigenvalue weighted by Gasteiger charge is -1.99. The summed E-state index contributed by atoms with van der Waals surface area (Å²) in [5.41, 5.74) is 1.59. The van der Waals surface area contributed by atoms with Crippen LogP contribution in [-0.2, 0) is 0 Å².